The highest BCUT2D eigenvalue weighted by Crippen LogP contribution is 2.40. The van der Waals surface area contributed by atoms with Gasteiger partial charge in [0, 0.05) is 13.1 Å². The van der Waals surface area contributed by atoms with Crippen LogP contribution in [0.2, 0.25) is 0 Å². The minimum Gasteiger partial charge on any atom is -0.492 e. The molecule has 1 saturated carbocycles. The summed E-state index contributed by atoms with van der Waals surface area (Å²) in [6, 6.07) is 9.99. The minimum absolute atomic E-state index is 0.151. The smallest absolute Gasteiger partial charge is 0.322 e. The molecule has 0 bridgehead atoms. The number of ether oxygens (including phenoxy) is 1. The summed E-state index contributed by atoms with van der Waals surface area (Å²) in [5.74, 6) is 2.25. The van der Waals surface area contributed by atoms with Crippen molar-refractivity contribution in [3.05, 3.63) is 41.6 Å². The van der Waals surface area contributed by atoms with Gasteiger partial charge in [-0.15, -0.1) is 0 Å². The number of hydrogen-bond donors (Lipinski definition) is 1. The lowest BCUT2D eigenvalue weighted by atomic mass is 10.2. The molecule has 6 heteroatoms. The fraction of sp³-hybridized carbons (Fsp3) is 0.500. The molecular formula is C20H28N4O2. The Morgan fingerprint density at radius 2 is 2.04 bits per heavy atom. The van der Waals surface area contributed by atoms with E-state index in [1.54, 1.807) is 11.9 Å². The zero-order chi connectivity index (χ0) is 18.7. The lowest BCUT2D eigenvalue weighted by Crippen LogP contribution is -2.35. The first-order valence-electron chi connectivity index (χ1n) is 9.22. The van der Waals surface area contributed by atoms with Crippen molar-refractivity contribution in [2.24, 2.45) is 5.92 Å². The maximum Gasteiger partial charge on any atom is 0.322 e. The van der Waals surface area contributed by atoms with Crippen LogP contribution in [-0.2, 0) is 0 Å². The van der Waals surface area contributed by atoms with Crippen LogP contribution in [0.5, 0.6) is 5.75 Å². The zero-order valence-corrected chi connectivity index (χ0v) is 16.0. The van der Waals surface area contributed by atoms with E-state index in [4.69, 9.17) is 4.74 Å². The second kappa shape index (κ2) is 7.81. The second-order valence-electron chi connectivity index (χ2n) is 7.21. The normalized spacial score (nSPS) is 14.8. The van der Waals surface area contributed by atoms with Gasteiger partial charge in [-0.25, -0.2) is 9.48 Å². The molecule has 0 saturated heterocycles. The van der Waals surface area contributed by atoms with E-state index in [2.05, 4.69) is 17.3 Å². The highest BCUT2D eigenvalue weighted by molar-refractivity contribution is 5.88. The van der Waals surface area contributed by atoms with E-state index < -0.39 is 0 Å². The van der Waals surface area contributed by atoms with E-state index in [0.29, 0.717) is 25.1 Å². The van der Waals surface area contributed by atoms with Gasteiger partial charge < -0.3 is 9.64 Å². The van der Waals surface area contributed by atoms with Gasteiger partial charge in [0.15, 0.2) is 0 Å². The summed E-state index contributed by atoms with van der Waals surface area (Å²) in [5, 5.41) is 7.53. The Balaban J connectivity index is 1.51. The Bertz CT molecular complexity index is 750. The Morgan fingerprint density at radius 1 is 1.35 bits per heavy atom. The molecule has 1 unspecified atom stereocenters. The van der Waals surface area contributed by atoms with E-state index in [1.807, 2.05) is 48.9 Å². The molecule has 1 atom stereocenters. The van der Waals surface area contributed by atoms with Crippen LogP contribution < -0.4 is 10.1 Å². The monoisotopic (exact) mass is 356 g/mol. The Labute approximate surface area is 155 Å². The number of amides is 2. The van der Waals surface area contributed by atoms with Crippen LogP contribution in [0.1, 0.15) is 37.1 Å². The van der Waals surface area contributed by atoms with Crippen LogP contribution in [0.3, 0.4) is 0 Å². The predicted molar refractivity (Wildman–Crippen MR) is 103 cm³/mol. The molecule has 2 aromatic rings. The van der Waals surface area contributed by atoms with E-state index in [-0.39, 0.29) is 6.03 Å². The molecule has 0 radical (unpaired) electrons. The third-order valence-corrected chi connectivity index (χ3v) is 4.85. The molecule has 2 amide bonds. The standard InChI is InChI=1S/C20H28N4O2/c1-14-5-9-18(10-6-14)26-12-11-23(4)20(25)21-19-13-15(2)22-24(19)16(3)17-7-8-17/h5-6,9-10,13,16-17H,7-8,11-12H2,1-4H3,(H,21,25). The molecule has 1 aliphatic rings. The van der Waals surface area contributed by atoms with Crippen molar-refractivity contribution in [3.63, 3.8) is 0 Å². The number of carbonyl (C=O) groups excluding carboxylic acids is 1. The molecule has 26 heavy (non-hydrogen) atoms. The van der Waals surface area contributed by atoms with Gasteiger partial charge in [0.05, 0.1) is 18.3 Å². The summed E-state index contributed by atoms with van der Waals surface area (Å²) >= 11 is 0. The van der Waals surface area contributed by atoms with Crippen molar-refractivity contribution < 1.29 is 9.53 Å². The summed E-state index contributed by atoms with van der Waals surface area (Å²) in [6.07, 6.45) is 2.48. The third kappa shape index (κ3) is 4.56. The molecular weight excluding hydrogens is 328 g/mol. The van der Waals surface area contributed by atoms with Gasteiger partial charge in [-0.1, -0.05) is 17.7 Å². The van der Waals surface area contributed by atoms with Crippen LogP contribution in [0.4, 0.5) is 10.6 Å². The van der Waals surface area contributed by atoms with Crippen molar-refractivity contribution in [1.29, 1.82) is 0 Å². The molecule has 3 rings (SSSR count). The summed E-state index contributed by atoms with van der Waals surface area (Å²) in [4.78, 5) is 14.1. The van der Waals surface area contributed by atoms with Crippen LogP contribution in [-0.4, -0.2) is 40.9 Å². The quantitative estimate of drug-likeness (QED) is 0.815. The first-order valence-corrected chi connectivity index (χ1v) is 9.22. The number of urea groups is 1. The lowest BCUT2D eigenvalue weighted by molar-refractivity contribution is 0.207. The molecule has 1 aromatic heterocycles. The number of hydrogen-bond acceptors (Lipinski definition) is 3. The topological polar surface area (TPSA) is 59.4 Å². The summed E-state index contributed by atoms with van der Waals surface area (Å²) in [7, 11) is 1.77. The molecule has 1 heterocycles. The molecule has 1 aromatic carbocycles. The summed E-state index contributed by atoms with van der Waals surface area (Å²) in [6.45, 7) is 7.11. The highest BCUT2D eigenvalue weighted by Gasteiger charge is 2.31. The van der Waals surface area contributed by atoms with Crippen molar-refractivity contribution in [1.82, 2.24) is 14.7 Å². The number of rotatable bonds is 7. The van der Waals surface area contributed by atoms with Crippen molar-refractivity contribution >= 4 is 11.8 Å². The fourth-order valence-electron chi connectivity index (χ4n) is 2.94. The van der Waals surface area contributed by atoms with Crippen LogP contribution in [0, 0.1) is 19.8 Å². The van der Waals surface area contributed by atoms with E-state index in [1.165, 1.54) is 18.4 Å². The first kappa shape index (κ1) is 18.3. The average molecular weight is 356 g/mol. The van der Waals surface area contributed by atoms with E-state index in [0.717, 1.165) is 17.3 Å². The number of aryl methyl sites for hydroxylation is 2. The van der Waals surface area contributed by atoms with Crippen molar-refractivity contribution in [3.8, 4) is 5.75 Å². The number of nitrogens with zero attached hydrogens (tertiary/aromatic N) is 3. The summed E-state index contributed by atoms with van der Waals surface area (Å²) in [5.41, 5.74) is 2.11. The molecule has 1 fully saturated rings. The minimum atomic E-state index is -0.151. The molecule has 6 nitrogen and oxygen atoms in total. The average Bonchev–Trinajstić information content (AvgIpc) is 3.39. The third-order valence-electron chi connectivity index (χ3n) is 4.85. The number of likely N-dealkylation sites (N-methyl/N-ethyl adjacent to an activating group) is 1. The molecule has 0 spiro atoms. The van der Waals surface area contributed by atoms with E-state index in [9.17, 15) is 4.79 Å². The number of anilines is 1. The number of nitrogens with one attached hydrogen (secondary N) is 1. The second-order valence-corrected chi connectivity index (χ2v) is 7.21. The maximum absolute atomic E-state index is 12.5. The summed E-state index contributed by atoms with van der Waals surface area (Å²) < 4.78 is 7.64. The first-order chi connectivity index (χ1) is 12.4. The van der Waals surface area contributed by atoms with Gasteiger partial charge >= 0.3 is 6.03 Å². The zero-order valence-electron chi connectivity index (χ0n) is 16.0. The van der Waals surface area contributed by atoms with Crippen LogP contribution in [0.25, 0.3) is 0 Å². The maximum atomic E-state index is 12.5. The number of carbonyl (C=O) groups is 1. The Morgan fingerprint density at radius 3 is 2.69 bits per heavy atom. The largest absolute Gasteiger partial charge is 0.492 e. The van der Waals surface area contributed by atoms with Crippen molar-refractivity contribution in [2.45, 2.75) is 39.7 Å². The van der Waals surface area contributed by atoms with Gasteiger partial charge in [-0.2, -0.15) is 5.10 Å². The molecule has 1 N–H and O–H groups in total. The van der Waals surface area contributed by atoms with Gasteiger partial charge in [0.2, 0.25) is 0 Å². The van der Waals surface area contributed by atoms with Gasteiger partial charge in [-0.3, -0.25) is 5.32 Å². The SMILES string of the molecule is Cc1ccc(OCCN(C)C(=O)Nc2cc(C)nn2C(C)C2CC2)cc1. The van der Waals surface area contributed by atoms with Gasteiger partial charge in [-0.05, 0) is 51.7 Å². The van der Waals surface area contributed by atoms with E-state index >= 15 is 0 Å². The number of benzene rings is 1. The van der Waals surface area contributed by atoms with Crippen molar-refractivity contribution in [2.75, 3.05) is 25.5 Å². The van der Waals surface area contributed by atoms with Crippen LogP contribution in [0.15, 0.2) is 30.3 Å². The lowest BCUT2D eigenvalue weighted by Gasteiger charge is -2.20. The molecule has 1 aliphatic carbocycles. The Kier molecular flexibility index (Phi) is 5.49. The molecule has 0 aliphatic heterocycles. The van der Waals surface area contributed by atoms with Gasteiger partial charge in [0.1, 0.15) is 18.2 Å². The number of aromatic nitrogens is 2. The van der Waals surface area contributed by atoms with Crippen LogP contribution >= 0.6 is 0 Å². The molecule has 140 valence electrons. The predicted octanol–water partition coefficient (Wildman–Crippen LogP) is 4.01. The highest BCUT2D eigenvalue weighted by atomic mass is 16.5. The fourth-order valence-corrected chi connectivity index (χ4v) is 2.94. The Hall–Kier alpha value is -2.50. The van der Waals surface area contributed by atoms with Gasteiger partial charge in [0.25, 0.3) is 0 Å².